The summed E-state index contributed by atoms with van der Waals surface area (Å²) in [6, 6.07) is -0.973. The largest absolute Gasteiger partial charge is 0.394 e. The molecule has 1 amide bonds. The molecule has 0 saturated carbocycles. The lowest BCUT2D eigenvalue weighted by Gasteiger charge is -2.48. The number of rotatable bonds is 30. The van der Waals surface area contributed by atoms with Gasteiger partial charge in [-0.15, -0.1) is 0 Å². The summed E-state index contributed by atoms with van der Waals surface area (Å²) in [5, 5.41) is 119. The molecule has 0 aromatic carbocycles. The van der Waals surface area contributed by atoms with E-state index in [-0.39, 0.29) is 18.9 Å². The van der Waals surface area contributed by atoms with Gasteiger partial charge in [0.2, 0.25) is 5.91 Å². The zero-order chi connectivity index (χ0) is 47.7. The maximum atomic E-state index is 13.0. The topological polar surface area (TPSA) is 307 Å². The van der Waals surface area contributed by atoms with Gasteiger partial charge < -0.3 is 89.9 Å². The molecule has 3 aliphatic rings. The van der Waals surface area contributed by atoms with E-state index in [1.54, 1.807) is 6.08 Å². The highest BCUT2D eigenvalue weighted by Crippen LogP contribution is 2.33. The summed E-state index contributed by atoms with van der Waals surface area (Å²) in [4.78, 5) is 13.0. The molecule has 12 N–H and O–H groups in total. The molecular weight excluding hydrogens is 854 g/mol. The first kappa shape index (κ1) is 57.1. The third-order valence-electron chi connectivity index (χ3n) is 11.6. The lowest BCUT2D eigenvalue weighted by molar-refractivity contribution is -0.379. The number of hydrogen-bond donors (Lipinski definition) is 12. The van der Waals surface area contributed by atoms with Crippen LogP contribution in [0.2, 0.25) is 0 Å². The molecule has 3 heterocycles. The van der Waals surface area contributed by atoms with E-state index in [4.69, 9.17) is 28.4 Å². The number of aliphatic hydroxyl groups excluding tert-OH is 11. The summed E-state index contributed by atoms with van der Waals surface area (Å²) < 4.78 is 33.8. The predicted octanol–water partition coefficient (Wildman–Crippen LogP) is 0.0230. The summed E-state index contributed by atoms with van der Waals surface area (Å²) >= 11 is 0. The highest BCUT2D eigenvalue weighted by Gasteiger charge is 2.53. The highest BCUT2D eigenvalue weighted by molar-refractivity contribution is 5.76. The molecule has 3 fully saturated rings. The van der Waals surface area contributed by atoms with Crippen LogP contribution in [0.15, 0.2) is 48.6 Å². The van der Waals surface area contributed by atoms with E-state index in [0.717, 1.165) is 70.6 Å². The fraction of sp³-hybridized carbons (Fsp3) is 0.804. The average molecular weight is 934 g/mol. The maximum Gasteiger partial charge on any atom is 0.220 e. The molecule has 0 bridgehead atoms. The monoisotopic (exact) mass is 934 g/mol. The average Bonchev–Trinajstić information content (AvgIpc) is 3.30. The number of hydrogen-bond acceptors (Lipinski definition) is 18. The molecule has 376 valence electrons. The van der Waals surface area contributed by atoms with Crippen LogP contribution in [0.3, 0.4) is 0 Å². The minimum Gasteiger partial charge on any atom is -0.394 e. The number of ether oxygens (including phenoxy) is 6. The normalized spacial score (nSPS) is 34.6. The summed E-state index contributed by atoms with van der Waals surface area (Å²) in [7, 11) is 0. The molecule has 3 rings (SSSR count). The van der Waals surface area contributed by atoms with E-state index in [1.807, 2.05) is 6.92 Å². The first-order valence-electron chi connectivity index (χ1n) is 23.4. The Morgan fingerprint density at radius 1 is 0.569 bits per heavy atom. The van der Waals surface area contributed by atoms with E-state index >= 15 is 0 Å². The fourth-order valence-electron chi connectivity index (χ4n) is 7.68. The molecule has 19 nitrogen and oxygen atoms in total. The van der Waals surface area contributed by atoms with Crippen molar-refractivity contribution in [1.82, 2.24) is 5.32 Å². The van der Waals surface area contributed by atoms with Gasteiger partial charge in [0.15, 0.2) is 18.9 Å². The first-order chi connectivity index (χ1) is 31.3. The quantitative estimate of drug-likeness (QED) is 0.0334. The number of nitrogens with one attached hydrogen (secondary N) is 1. The van der Waals surface area contributed by atoms with E-state index in [1.165, 1.54) is 6.08 Å². The molecule has 0 radical (unpaired) electrons. The Labute approximate surface area is 383 Å². The van der Waals surface area contributed by atoms with E-state index in [2.05, 4.69) is 48.7 Å². The number of carbonyl (C=O) groups is 1. The molecule has 65 heavy (non-hydrogen) atoms. The van der Waals surface area contributed by atoms with Crippen LogP contribution < -0.4 is 5.32 Å². The number of amides is 1. The van der Waals surface area contributed by atoms with Gasteiger partial charge in [-0.25, -0.2) is 0 Å². The minimum absolute atomic E-state index is 0.227. The Balaban J connectivity index is 1.48. The predicted molar refractivity (Wildman–Crippen MR) is 235 cm³/mol. The zero-order valence-electron chi connectivity index (χ0n) is 37.9. The van der Waals surface area contributed by atoms with Crippen molar-refractivity contribution >= 4 is 5.91 Å². The molecule has 17 atom stereocenters. The lowest BCUT2D eigenvalue weighted by Crippen LogP contribution is -2.66. The van der Waals surface area contributed by atoms with Crippen LogP contribution >= 0.6 is 0 Å². The highest BCUT2D eigenvalue weighted by atomic mass is 16.8. The van der Waals surface area contributed by atoms with Crippen LogP contribution in [0.5, 0.6) is 0 Å². The molecule has 19 heteroatoms. The summed E-state index contributed by atoms with van der Waals surface area (Å²) in [6.45, 7) is 1.31. The Kier molecular flexibility index (Phi) is 27.9. The molecule has 3 saturated heterocycles. The van der Waals surface area contributed by atoms with Crippen molar-refractivity contribution in [2.45, 2.75) is 208 Å². The summed E-state index contributed by atoms with van der Waals surface area (Å²) in [6.07, 6.45) is 2.47. The van der Waals surface area contributed by atoms with Gasteiger partial charge in [0, 0.05) is 6.42 Å². The van der Waals surface area contributed by atoms with Gasteiger partial charge in [-0.3, -0.25) is 4.79 Å². The van der Waals surface area contributed by atoms with Crippen LogP contribution in [0.1, 0.15) is 104 Å². The van der Waals surface area contributed by atoms with Gasteiger partial charge in [-0.05, 0) is 44.9 Å². The van der Waals surface area contributed by atoms with Gasteiger partial charge >= 0.3 is 0 Å². The third-order valence-corrected chi connectivity index (χ3v) is 11.6. The molecule has 0 spiro atoms. The van der Waals surface area contributed by atoms with Crippen molar-refractivity contribution in [2.24, 2.45) is 0 Å². The molecule has 0 aliphatic carbocycles. The Bertz CT molecular complexity index is 1400. The number of aliphatic hydroxyl groups is 11. The number of unbranched alkanes of at least 4 members (excludes halogenated alkanes) is 8. The van der Waals surface area contributed by atoms with Crippen molar-refractivity contribution in [2.75, 3.05) is 26.4 Å². The van der Waals surface area contributed by atoms with Crippen molar-refractivity contribution in [3.8, 4) is 0 Å². The fourth-order valence-corrected chi connectivity index (χ4v) is 7.68. The molecule has 0 aromatic rings. The third kappa shape index (κ3) is 18.6. The van der Waals surface area contributed by atoms with Gasteiger partial charge in [-0.2, -0.15) is 0 Å². The molecular formula is C46H79NO18. The maximum absolute atomic E-state index is 13.0. The Hall–Kier alpha value is -2.25. The van der Waals surface area contributed by atoms with Crippen LogP contribution in [0.4, 0.5) is 0 Å². The van der Waals surface area contributed by atoms with Gasteiger partial charge in [0.25, 0.3) is 0 Å². The van der Waals surface area contributed by atoms with E-state index < -0.39 is 124 Å². The molecule has 0 aromatic heterocycles. The molecule has 17 unspecified atom stereocenters. The lowest BCUT2D eigenvalue weighted by atomic mass is 9.96. The first-order valence-corrected chi connectivity index (χ1v) is 23.4. The van der Waals surface area contributed by atoms with Gasteiger partial charge in [0.1, 0.15) is 73.2 Å². The second-order valence-electron chi connectivity index (χ2n) is 16.8. The van der Waals surface area contributed by atoms with Crippen LogP contribution in [-0.2, 0) is 33.2 Å². The van der Waals surface area contributed by atoms with Crippen LogP contribution in [0, 0.1) is 0 Å². The van der Waals surface area contributed by atoms with Gasteiger partial charge in [-0.1, -0.05) is 101 Å². The van der Waals surface area contributed by atoms with Crippen molar-refractivity contribution in [3.05, 3.63) is 48.6 Å². The van der Waals surface area contributed by atoms with E-state index in [0.29, 0.717) is 12.8 Å². The van der Waals surface area contributed by atoms with Gasteiger partial charge in [0.05, 0.1) is 38.6 Å². The second kappa shape index (κ2) is 31.7. The van der Waals surface area contributed by atoms with E-state index in [9.17, 15) is 61.0 Å². The summed E-state index contributed by atoms with van der Waals surface area (Å²) in [5.74, 6) is -0.303. The smallest absolute Gasteiger partial charge is 0.220 e. The van der Waals surface area contributed by atoms with Crippen LogP contribution in [0.25, 0.3) is 0 Å². The van der Waals surface area contributed by atoms with Crippen LogP contribution in [-0.4, -0.2) is 193 Å². The number of carbonyl (C=O) groups excluding carboxylic acids is 1. The number of allylic oxidation sites excluding steroid dienone is 7. The summed E-state index contributed by atoms with van der Waals surface area (Å²) in [5.41, 5.74) is 0. The van der Waals surface area contributed by atoms with Crippen molar-refractivity contribution in [3.63, 3.8) is 0 Å². The SMILES string of the molecule is CC/C=C\C/C=C\C/C=C\CCCCCCCCCC(=O)NC(COC1OC(CO)C(OC2OC(CO)C(OC3OC(CO)C(O)C(O)C3O)C(O)C2O)C(O)C1O)C(O)/C=C/CCC. The second-order valence-corrected chi connectivity index (χ2v) is 16.8. The Morgan fingerprint density at radius 3 is 1.63 bits per heavy atom. The molecule has 3 aliphatic heterocycles. The minimum atomic E-state index is -1.98. The van der Waals surface area contributed by atoms with Crippen molar-refractivity contribution in [1.29, 1.82) is 0 Å². The Morgan fingerprint density at radius 2 is 1.06 bits per heavy atom. The van der Waals surface area contributed by atoms with Crippen molar-refractivity contribution < 1.29 is 89.4 Å². The zero-order valence-corrected chi connectivity index (χ0v) is 37.9. The standard InChI is InChI=1S/C46H79NO18/c1-3-5-7-8-9-10-11-12-13-14-15-16-17-18-19-20-22-24-34(52)47-29(30(51)23-21-6-4-2)28-60-44-40(58)37(55)42(32(26-49)62-44)65-46-41(59)38(56)43(33(27-50)63-46)64-45-39(57)36(54)35(53)31(25-48)61-45/h5,7,9-10,12-13,21,23,29-33,35-46,48-51,53-59H,3-4,6,8,11,14-20,22,24-28H2,1-2H3,(H,47,52)/b7-5-,10-9-,13-12-,23-21+.